The Hall–Kier alpha value is -0.0300. The maximum atomic E-state index is 11.2. The van der Waals surface area contributed by atoms with Crippen LogP contribution in [0.3, 0.4) is 0 Å². The smallest absolute Gasteiger partial charge is 0.156 e. The van der Waals surface area contributed by atoms with Gasteiger partial charge in [0.2, 0.25) is 0 Å². The number of hydrogen-bond donors (Lipinski definition) is 1. The first kappa shape index (κ1) is 14.0. The normalized spacial score (nSPS) is 27.8. The summed E-state index contributed by atoms with van der Waals surface area (Å²) in [6, 6.07) is 0.544. The maximum absolute atomic E-state index is 11.2. The molecule has 0 spiro atoms. The molecule has 3 unspecified atom stereocenters. The molecule has 1 N–H and O–H groups in total. The van der Waals surface area contributed by atoms with Crippen LogP contribution in [0.2, 0.25) is 0 Å². The molecule has 3 atom stereocenters. The molecular formula is C11H22N2OS2. The van der Waals surface area contributed by atoms with Crippen molar-refractivity contribution >= 4 is 27.7 Å². The van der Waals surface area contributed by atoms with Gasteiger partial charge in [0.25, 0.3) is 0 Å². The highest BCUT2D eigenvalue weighted by Gasteiger charge is 2.20. The van der Waals surface area contributed by atoms with Crippen molar-refractivity contribution in [1.82, 2.24) is 5.32 Å². The molecule has 0 amide bonds. The molecular weight excluding hydrogens is 240 g/mol. The second kappa shape index (κ2) is 6.64. The molecule has 1 saturated heterocycles. The Morgan fingerprint density at radius 3 is 2.81 bits per heavy atom. The number of hydrogen-bond acceptors (Lipinski definition) is 3. The zero-order valence-corrected chi connectivity index (χ0v) is 12.2. The number of rotatable bonds is 4. The number of amidine groups is 1. The molecule has 0 radical (unpaired) electrons. The van der Waals surface area contributed by atoms with E-state index in [-0.39, 0.29) is 5.25 Å². The van der Waals surface area contributed by atoms with Crippen molar-refractivity contribution in [2.24, 2.45) is 10.9 Å². The van der Waals surface area contributed by atoms with Crippen LogP contribution in [0.1, 0.15) is 27.2 Å². The minimum Gasteiger partial charge on any atom is -0.362 e. The van der Waals surface area contributed by atoms with Gasteiger partial charge in [-0.15, -0.1) is 0 Å². The lowest BCUT2D eigenvalue weighted by molar-refractivity contribution is 0.442. The zero-order valence-electron chi connectivity index (χ0n) is 10.5. The highest BCUT2D eigenvalue weighted by atomic mass is 32.2. The molecule has 1 aliphatic heterocycles. The van der Waals surface area contributed by atoms with Gasteiger partial charge in [-0.2, -0.15) is 0 Å². The topological polar surface area (TPSA) is 41.5 Å². The first-order valence-electron chi connectivity index (χ1n) is 5.76. The van der Waals surface area contributed by atoms with Gasteiger partial charge in [0.1, 0.15) is 0 Å². The van der Waals surface area contributed by atoms with E-state index >= 15 is 0 Å². The third kappa shape index (κ3) is 4.45. The standard InChI is InChI=1S/C11H22N2OS2/c1-8(2)10-5-6-15-11(13-10)12-7-9(3)16(4)14/h8-10H,5-7H2,1-4H3,(H,12,13). The predicted molar refractivity (Wildman–Crippen MR) is 74.7 cm³/mol. The molecule has 1 fully saturated rings. The molecule has 0 aromatic carbocycles. The fourth-order valence-electron chi connectivity index (χ4n) is 1.46. The summed E-state index contributed by atoms with van der Waals surface area (Å²) in [5.74, 6) is 1.78. The maximum Gasteiger partial charge on any atom is 0.156 e. The van der Waals surface area contributed by atoms with Gasteiger partial charge in [0, 0.05) is 28.9 Å². The molecule has 0 bridgehead atoms. The van der Waals surface area contributed by atoms with E-state index in [1.54, 1.807) is 18.0 Å². The average Bonchev–Trinajstić information content (AvgIpc) is 2.26. The van der Waals surface area contributed by atoms with E-state index in [0.717, 1.165) is 10.9 Å². The summed E-state index contributed by atoms with van der Waals surface area (Å²) in [6.07, 6.45) is 2.94. The van der Waals surface area contributed by atoms with Crippen LogP contribution in [0.15, 0.2) is 4.99 Å². The van der Waals surface area contributed by atoms with Crippen LogP contribution in [0, 0.1) is 5.92 Å². The van der Waals surface area contributed by atoms with Gasteiger partial charge in [-0.1, -0.05) is 25.6 Å². The van der Waals surface area contributed by atoms with Gasteiger partial charge in [-0.25, -0.2) is 0 Å². The number of nitrogens with zero attached hydrogens (tertiary/aromatic N) is 1. The summed E-state index contributed by atoms with van der Waals surface area (Å²) in [4.78, 5) is 4.51. The Morgan fingerprint density at radius 2 is 2.25 bits per heavy atom. The Balaban J connectivity index is 2.47. The number of nitrogens with one attached hydrogen (secondary N) is 1. The highest BCUT2D eigenvalue weighted by Crippen LogP contribution is 2.18. The fraction of sp³-hybridized carbons (Fsp3) is 0.909. The van der Waals surface area contributed by atoms with Crippen LogP contribution < -0.4 is 5.32 Å². The SMILES string of the molecule is CC(C)C1CCSC(=NCC(C)S(C)=O)N1. The summed E-state index contributed by atoms with van der Waals surface area (Å²) in [5.41, 5.74) is 0. The van der Waals surface area contributed by atoms with Crippen molar-refractivity contribution in [2.75, 3.05) is 18.6 Å². The summed E-state index contributed by atoms with van der Waals surface area (Å²) >= 11 is 1.78. The van der Waals surface area contributed by atoms with Crippen LogP contribution in [-0.2, 0) is 10.8 Å². The number of thioether (sulfide) groups is 1. The lowest BCUT2D eigenvalue weighted by atomic mass is 10.0. The summed E-state index contributed by atoms with van der Waals surface area (Å²) in [6.45, 7) is 7.10. The lowest BCUT2D eigenvalue weighted by Gasteiger charge is -2.28. The first-order chi connectivity index (χ1) is 7.50. The van der Waals surface area contributed by atoms with Crippen molar-refractivity contribution in [3.63, 3.8) is 0 Å². The molecule has 0 aromatic rings. The molecule has 0 aliphatic carbocycles. The monoisotopic (exact) mass is 262 g/mol. The molecule has 3 nitrogen and oxygen atoms in total. The molecule has 1 rings (SSSR count). The Labute approximate surface area is 105 Å². The van der Waals surface area contributed by atoms with E-state index in [1.165, 1.54) is 6.42 Å². The van der Waals surface area contributed by atoms with Gasteiger partial charge in [-0.3, -0.25) is 9.20 Å². The lowest BCUT2D eigenvalue weighted by Crippen LogP contribution is -2.41. The summed E-state index contributed by atoms with van der Waals surface area (Å²) in [7, 11) is -0.776. The number of aliphatic imine (C=N–C) groups is 1. The highest BCUT2D eigenvalue weighted by molar-refractivity contribution is 8.13. The average molecular weight is 262 g/mol. The van der Waals surface area contributed by atoms with E-state index in [1.807, 2.05) is 6.92 Å². The minimum absolute atomic E-state index is 0.148. The largest absolute Gasteiger partial charge is 0.362 e. The van der Waals surface area contributed by atoms with Crippen molar-refractivity contribution in [3.8, 4) is 0 Å². The van der Waals surface area contributed by atoms with E-state index in [4.69, 9.17) is 0 Å². The third-order valence-corrected chi connectivity index (χ3v) is 5.08. The zero-order chi connectivity index (χ0) is 12.1. The Morgan fingerprint density at radius 1 is 1.56 bits per heavy atom. The quantitative estimate of drug-likeness (QED) is 0.841. The van der Waals surface area contributed by atoms with E-state index in [2.05, 4.69) is 24.2 Å². The second-order valence-corrected chi connectivity index (χ2v) is 7.47. The van der Waals surface area contributed by atoms with Crippen LogP contribution in [0.25, 0.3) is 0 Å². The minimum atomic E-state index is -0.776. The van der Waals surface area contributed by atoms with Crippen molar-refractivity contribution in [1.29, 1.82) is 0 Å². The Bertz CT molecular complexity index is 279. The molecule has 5 heteroatoms. The first-order valence-corrected chi connectivity index (χ1v) is 8.37. The fourth-order valence-corrected chi connectivity index (χ4v) is 2.71. The molecule has 16 heavy (non-hydrogen) atoms. The van der Waals surface area contributed by atoms with Crippen molar-refractivity contribution in [2.45, 2.75) is 38.5 Å². The predicted octanol–water partition coefficient (Wildman–Crippen LogP) is 1.86. The van der Waals surface area contributed by atoms with Crippen molar-refractivity contribution in [3.05, 3.63) is 0 Å². The van der Waals surface area contributed by atoms with E-state index < -0.39 is 10.8 Å². The van der Waals surface area contributed by atoms with Crippen LogP contribution >= 0.6 is 11.8 Å². The van der Waals surface area contributed by atoms with Crippen LogP contribution in [0.4, 0.5) is 0 Å². The van der Waals surface area contributed by atoms with Gasteiger partial charge < -0.3 is 5.32 Å². The van der Waals surface area contributed by atoms with Gasteiger partial charge >= 0.3 is 0 Å². The van der Waals surface area contributed by atoms with Gasteiger partial charge in [-0.05, 0) is 19.3 Å². The molecule has 0 aromatic heterocycles. The van der Waals surface area contributed by atoms with Gasteiger partial charge in [0.05, 0.1) is 11.8 Å². The molecule has 1 aliphatic rings. The summed E-state index contributed by atoms with van der Waals surface area (Å²) in [5, 5.41) is 4.64. The van der Waals surface area contributed by atoms with E-state index in [0.29, 0.717) is 18.5 Å². The van der Waals surface area contributed by atoms with Crippen molar-refractivity contribution < 1.29 is 4.21 Å². The molecule has 94 valence electrons. The second-order valence-electron chi connectivity index (χ2n) is 4.59. The van der Waals surface area contributed by atoms with Gasteiger partial charge in [0.15, 0.2) is 5.17 Å². The van der Waals surface area contributed by atoms with E-state index in [9.17, 15) is 4.21 Å². The third-order valence-electron chi connectivity index (χ3n) is 2.84. The van der Waals surface area contributed by atoms with Crippen LogP contribution in [-0.4, -0.2) is 39.2 Å². The molecule has 1 heterocycles. The Kier molecular flexibility index (Phi) is 5.83. The summed E-state index contributed by atoms with van der Waals surface area (Å²) < 4.78 is 11.2. The molecule has 0 saturated carbocycles. The van der Waals surface area contributed by atoms with Crippen LogP contribution in [0.5, 0.6) is 0 Å².